The van der Waals surface area contributed by atoms with Crippen molar-refractivity contribution < 1.29 is 19.1 Å². The third-order valence-corrected chi connectivity index (χ3v) is 5.33. The minimum Gasteiger partial charge on any atom is -0.454 e. The zero-order chi connectivity index (χ0) is 20.7. The first kappa shape index (κ1) is 18.4. The highest BCUT2D eigenvalue weighted by Gasteiger charge is 2.33. The summed E-state index contributed by atoms with van der Waals surface area (Å²) in [4.78, 5) is 15.8. The fraction of sp³-hybridized carbons (Fsp3) is 0.211. The Hall–Kier alpha value is -3.60. The molecule has 2 aromatic carbocycles. The van der Waals surface area contributed by atoms with Crippen molar-refractivity contribution in [3.8, 4) is 28.6 Å². The summed E-state index contributed by atoms with van der Waals surface area (Å²) in [5.41, 5.74) is 2.04. The summed E-state index contributed by atoms with van der Waals surface area (Å²) in [6.45, 7) is 1.99. The Bertz CT molecular complexity index is 1160. The lowest BCUT2D eigenvalue weighted by Gasteiger charge is -2.19. The lowest BCUT2D eigenvalue weighted by molar-refractivity contribution is -0.386. The zero-order valence-corrected chi connectivity index (χ0v) is 16.5. The summed E-state index contributed by atoms with van der Waals surface area (Å²) in [7, 11) is 0. The highest BCUT2D eigenvalue weighted by Crippen LogP contribution is 2.44. The second kappa shape index (κ2) is 7.34. The number of rotatable bonds is 4. The molecular weight excluding hydrogens is 410 g/mol. The maximum atomic E-state index is 11.8. The number of hydrogen-bond donors (Lipinski definition) is 1. The van der Waals surface area contributed by atoms with Crippen molar-refractivity contribution in [3.63, 3.8) is 0 Å². The van der Waals surface area contributed by atoms with Gasteiger partial charge in [-0.25, -0.2) is 0 Å². The van der Waals surface area contributed by atoms with Crippen LogP contribution in [0.1, 0.15) is 18.7 Å². The summed E-state index contributed by atoms with van der Waals surface area (Å²) in [6, 6.07) is 10.3. The predicted molar refractivity (Wildman–Crippen MR) is 108 cm³/mol. The van der Waals surface area contributed by atoms with E-state index in [-0.39, 0.29) is 23.9 Å². The monoisotopic (exact) mass is 425 g/mol. The Kier molecular flexibility index (Phi) is 4.51. The number of anilines is 1. The van der Waals surface area contributed by atoms with Crippen molar-refractivity contribution in [1.29, 1.82) is 0 Å². The van der Waals surface area contributed by atoms with E-state index in [2.05, 4.69) is 20.5 Å². The van der Waals surface area contributed by atoms with Gasteiger partial charge in [-0.1, -0.05) is 36.9 Å². The van der Waals surface area contributed by atoms with Crippen LogP contribution in [0.15, 0.2) is 41.6 Å². The normalized spacial score (nSPS) is 16.0. The number of nitrogens with zero attached hydrogens (tertiary/aromatic N) is 4. The Labute approximate surface area is 174 Å². The van der Waals surface area contributed by atoms with Crippen LogP contribution in [0.2, 0.25) is 0 Å². The molecule has 1 N–H and O–H groups in total. The SMILES string of the molecule is CCSc1nnc2c(n1)O[C@@H](c1cc3c(cc1[N+](=O)[O-])OCO3)Nc1ccccc1-2. The summed E-state index contributed by atoms with van der Waals surface area (Å²) < 4.78 is 16.8. The molecule has 0 radical (unpaired) electrons. The molecule has 1 atom stereocenters. The Morgan fingerprint density at radius 1 is 1.23 bits per heavy atom. The molecule has 0 fully saturated rings. The third-order valence-electron chi connectivity index (χ3n) is 4.61. The Morgan fingerprint density at radius 2 is 2.03 bits per heavy atom. The fourth-order valence-electron chi connectivity index (χ4n) is 3.29. The van der Waals surface area contributed by atoms with Gasteiger partial charge in [-0.15, -0.1) is 10.2 Å². The number of thioether (sulfide) groups is 1. The first-order valence-corrected chi connectivity index (χ1v) is 10.1. The molecule has 2 aliphatic rings. The van der Waals surface area contributed by atoms with Crippen molar-refractivity contribution in [2.24, 2.45) is 0 Å². The first-order chi connectivity index (χ1) is 14.6. The van der Waals surface area contributed by atoms with Crippen LogP contribution in [-0.4, -0.2) is 32.7 Å². The van der Waals surface area contributed by atoms with Gasteiger partial charge in [0.15, 0.2) is 17.2 Å². The minimum atomic E-state index is -0.904. The maximum absolute atomic E-state index is 11.8. The molecule has 0 unspecified atom stereocenters. The van der Waals surface area contributed by atoms with Gasteiger partial charge in [0.25, 0.3) is 5.69 Å². The number of nitrogens with one attached hydrogen (secondary N) is 1. The lowest BCUT2D eigenvalue weighted by Crippen LogP contribution is -2.18. The van der Waals surface area contributed by atoms with E-state index in [1.54, 1.807) is 6.07 Å². The number of aromatic nitrogens is 3. The van der Waals surface area contributed by atoms with E-state index in [4.69, 9.17) is 14.2 Å². The van der Waals surface area contributed by atoms with Gasteiger partial charge in [-0.3, -0.25) is 10.1 Å². The average molecular weight is 425 g/mol. The molecule has 1 aromatic heterocycles. The van der Waals surface area contributed by atoms with E-state index < -0.39 is 11.2 Å². The zero-order valence-electron chi connectivity index (χ0n) is 15.7. The Morgan fingerprint density at radius 3 is 2.83 bits per heavy atom. The van der Waals surface area contributed by atoms with E-state index in [1.807, 2.05) is 31.2 Å². The van der Waals surface area contributed by atoms with Crippen molar-refractivity contribution in [2.45, 2.75) is 18.3 Å². The van der Waals surface area contributed by atoms with Crippen LogP contribution >= 0.6 is 11.8 Å². The topological polar surface area (TPSA) is 122 Å². The van der Waals surface area contributed by atoms with Crippen LogP contribution in [0, 0.1) is 10.1 Å². The van der Waals surface area contributed by atoms with E-state index in [9.17, 15) is 10.1 Å². The number of para-hydroxylation sites is 1. The molecule has 0 bridgehead atoms. The molecule has 0 spiro atoms. The van der Waals surface area contributed by atoms with Crippen LogP contribution in [-0.2, 0) is 0 Å². The maximum Gasteiger partial charge on any atom is 0.282 e. The minimum absolute atomic E-state index is 0.00923. The second-order valence-corrected chi connectivity index (χ2v) is 7.62. The average Bonchev–Trinajstić information content (AvgIpc) is 3.14. The van der Waals surface area contributed by atoms with E-state index in [1.165, 1.54) is 17.8 Å². The summed E-state index contributed by atoms with van der Waals surface area (Å²) in [5, 5.41) is 23.9. The largest absolute Gasteiger partial charge is 0.454 e. The number of fused-ring (bicyclic) bond motifs is 4. The quantitative estimate of drug-likeness (QED) is 0.375. The molecule has 30 heavy (non-hydrogen) atoms. The van der Waals surface area contributed by atoms with Crippen LogP contribution in [0.25, 0.3) is 11.3 Å². The molecule has 3 aromatic rings. The number of hydrogen-bond acceptors (Lipinski definition) is 10. The molecule has 3 heterocycles. The van der Waals surface area contributed by atoms with Gasteiger partial charge in [0.2, 0.25) is 24.1 Å². The van der Waals surface area contributed by atoms with E-state index in [0.717, 1.165) is 11.3 Å². The smallest absolute Gasteiger partial charge is 0.282 e. The summed E-state index contributed by atoms with van der Waals surface area (Å²) >= 11 is 1.43. The highest BCUT2D eigenvalue weighted by molar-refractivity contribution is 7.99. The predicted octanol–water partition coefficient (Wildman–Crippen LogP) is 3.79. The molecule has 11 heteroatoms. The van der Waals surface area contributed by atoms with Gasteiger partial charge in [0.1, 0.15) is 0 Å². The number of benzene rings is 2. The molecule has 5 rings (SSSR count). The number of nitro groups is 1. The fourth-order valence-corrected chi connectivity index (χ4v) is 3.80. The van der Waals surface area contributed by atoms with Crippen molar-refractivity contribution in [3.05, 3.63) is 52.1 Å². The molecule has 0 saturated carbocycles. The van der Waals surface area contributed by atoms with Crippen LogP contribution in [0.5, 0.6) is 17.4 Å². The third kappa shape index (κ3) is 3.12. The standard InChI is InChI=1S/C19H15N5O5S/c1-2-30-19-21-18-16(22-23-19)10-5-3-4-6-12(10)20-17(29-18)11-7-14-15(28-9-27-14)8-13(11)24(25)26/h3-8,17,20H,2,9H2,1H3/t17-/m0/s1. The summed E-state index contributed by atoms with van der Waals surface area (Å²) in [6.07, 6.45) is -0.904. The molecular formula is C19H15N5O5S. The summed E-state index contributed by atoms with van der Waals surface area (Å²) in [5.74, 6) is 1.76. The van der Waals surface area contributed by atoms with Gasteiger partial charge in [0, 0.05) is 11.3 Å². The highest BCUT2D eigenvalue weighted by atomic mass is 32.2. The molecule has 152 valence electrons. The van der Waals surface area contributed by atoms with Gasteiger partial charge < -0.3 is 19.5 Å². The van der Waals surface area contributed by atoms with Crippen LogP contribution in [0.3, 0.4) is 0 Å². The second-order valence-electron chi connectivity index (χ2n) is 6.39. The lowest BCUT2D eigenvalue weighted by atomic mass is 10.1. The van der Waals surface area contributed by atoms with Crippen LogP contribution < -0.4 is 19.5 Å². The molecule has 10 nitrogen and oxygen atoms in total. The van der Waals surface area contributed by atoms with Crippen molar-refractivity contribution in [2.75, 3.05) is 17.9 Å². The number of ether oxygens (including phenoxy) is 3. The van der Waals surface area contributed by atoms with E-state index >= 15 is 0 Å². The molecule has 0 amide bonds. The van der Waals surface area contributed by atoms with Gasteiger partial charge in [-0.2, -0.15) is 4.98 Å². The van der Waals surface area contributed by atoms with Crippen molar-refractivity contribution >= 4 is 23.1 Å². The van der Waals surface area contributed by atoms with Gasteiger partial charge >= 0.3 is 0 Å². The van der Waals surface area contributed by atoms with Crippen LogP contribution in [0.4, 0.5) is 11.4 Å². The number of nitro benzene ring substituents is 1. The molecule has 2 aliphatic heterocycles. The van der Waals surface area contributed by atoms with Gasteiger partial charge in [-0.05, 0) is 17.9 Å². The Balaban J connectivity index is 1.67. The van der Waals surface area contributed by atoms with E-state index in [0.29, 0.717) is 28.0 Å². The molecule has 0 aliphatic carbocycles. The van der Waals surface area contributed by atoms with Crippen molar-refractivity contribution in [1.82, 2.24) is 15.2 Å². The van der Waals surface area contributed by atoms with Gasteiger partial charge in [0.05, 0.1) is 16.6 Å². The first-order valence-electron chi connectivity index (χ1n) is 9.12. The molecule has 0 saturated heterocycles.